The van der Waals surface area contributed by atoms with Gasteiger partial charge in [0.25, 0.3) is 0 Å². The van der Waals surface area contributed by atoms with Crippen molar-refractivity contribution in [2.45, 2.75) is 36.9 Å². The number of rotatable bonds is 10. The Hall–Kier alpha value is -4.15. The van der Waals surface area contributed by atoms with E-state index in [1.807, 2.05) is 6.92 Å². The molecule has 0 saturated heterocycles. The Balaban J connectivity index is 1.59. The average molecular weight is 697 g/mol. The van der Waals surface area contributed by atoms with Gasteiger partial charge in [0.1, 0.15) is 29.0 Å². The van der Waals surface area contributed by atoms with Gasteiger partial charge in [0, 0.05) is 24.3 Å². The summed E-state index contributed by atoms with van der Waals surface area (Å²) in [5.74, 6) is -13.9. The SMILES string of the molecule is CCCc1ccc(C(F)(F)Oc2cc(F)c(-c3ccc(C(F)(F)Oc4cc(F)c(S(F)(F)(F)(F)F)c(F)c4)c(F)c3)c(F)c2)cc1. The molecule has 0 N–H and O–H groups in total. The van der Waals surface area contributed by atoms with Crippen LogP contribution in [0.1, 0.15) is 30.0 Å². The second-order valence-corrected chi connectivity index (χ2v) is 12.2. The van der Waals surface area contributed by atoms with E-state index < -0.39 is 102 Å². The van der Waals surface area contributed by atoms with Gasteiger partial charge < -0.3 is 9.47 Å². The summed E-state index contributed by atoms with van der Waals surface area (Å²) in [6.45, 7) is 1.88. The van der Waals surface area contributed by atoms with E-state index in [0.717, 1.165) is 24.1 Å². The molecule has 0 atom stereocenters. The average Bonchev–Trinajstić information content (AvgIpc) is 2.86. The lowest BCUT2D eigenvalue weighted by Gasteiger charge is -2.40. The zero-order chi connectivity index (χ0) is 34.5. The number of alkyl halides is 4. The van der Waals surface area contributed by atoms with Crippen molar-refractivity contribution in [3.8, 4) is 22.6 Å². The van der Waals surface area contributed by atoms with E-state index in [2.05, 4.69) is 9.47 Å². The van der Waals surface area contributed by atoms with Gasteiger partial charge in [0.2, 0.25) is 0 Å². The summed E-state index contributed by atoms with van der Waals surface area (Å²) < 4.78 is 203. The molecule has 0 aliphatic carbocycles. The second-order valence-electron chi connectivity index (χ2n) is 9.83. The van der Waals surface area contributed by atoms with E-state index in [4.69, 9.17) is 0 Å². The Bertz CT molecular complexity index is 1740. The van der Waals surface area contributed by atoms with Crippen molar-refractivity contribution < 1.29 is 68.4 Å². The summed E-state index contributed by atoms with van der Waals surface area (Å²) in [5, 5.41) is 0. The van der Waals surface area contributed by atoms with Crippen LogP contribution in [0.25, 0.3) is 11.1 Å². The maximum atomic E-state index is 14.8. The fraction of sp³-hybridized carbons (Fsp3) is 0.172. The van der Waals surface area contributed by atoms with Crippen molar-refractivity contribution in [3.05, 3.63) is 113 Å². The van der Waals surface area contributed by atoms with E-state index >= 15 is 0 Å². The molecule has 2 nitrogen and oxygen atoms in total. The first-order chi connectivity index (χ1) is 20.9. The highest BCUT2D eigenvalue weighted by Crippen LogP contribution is 3.02. The molecule has 0 bridgehead atoms. The number of ether oxygens (including phenoxy) is 2. The Kier molecular flexibility index (Phi) is 8.29. The molecule has 0 saturated carbocycles. The number of aryl methyl sites for hydroxylation is 1. The predicted octanol–water partition coefficient (Wildman–Crippen LogP) is 11.9. The van der Waals surface area contributed by atoms with Crippen molar-refractivity contribution >= 4 is 10.2 Å². The largest absolute Gasteiger partial charge is 0.429 e. The third-order valence-corrected chi connectivity index (χ3v) is 7.43. The first-order valence-corrected chi connectivity index (χ1v) is 14.6. The van der Waals surface area contributed by atoms with Crippen LogP contribution < -0.4 is 9.47 Å². The van der Waals surface area contributed by atoms with Crippen LogP contribution in [0.2, 0.25) is 0 Å². The molecule has 0 heterocycles. The van der Waals surface area contributed by atoms with Gasteiger partial charge in [-0.05, 0) is 41.8 Å². The van der Waals surface area contributed by atoms with Crippen molar-refractivity contribution in [2.24, 2.45) is 0 Å². The Morgan fingerprint density at radius 3 is 1.52 bits per heavy atom. The zero-order valence-electron chi connectivity index (χ0n) is 22.8. The van der Waals surface area contributed by atoms with Crippen LogP contribution in [0.5, 0.6) is 11.5 Å². The van der Waals surface area contributed by atoms with Crippen LogP contribution in [0.3, 0.4) is 0 Å². The molecule has 0 unspecified atom stereocenters. The molecule has 250 valence electrons. The lowest BCUT2D eigenvalue weighted by Crippen LogP contribution is -2.24. The van der Waals surface area contributed by atoms with Crippen molar-refractivity contribution in [3.63, 3.8) is 0 Å². The van der Waals surface area contributed by atoms with Gasteiger partial charge in [-0.15, -0.1) is 0 Å². The van der Waals surface area contributed by atoms with Crippen molar-refractivity contribution in [1.82, 2.24) is 0 Å². The molecule has 0 fully saturated rings. The molecule has 46 heavy (non-hydrogen) atoms. The zero-order valence-corrected chi connectivity index (χ0v) is 23.6. The van der Waals surface area contributed by atoms with Gasteiger partial charge in [-0.2, -0.15) is 17.6 Å². The van der Waals surface area contributed by atoms with Gasteiger partial charge in [0.05, 0.1) is 16.7 Å². The van der Waals surface area contributed by atoms with Crippen molar-refractivity contribution in [1.29, 1.82) is 0 Å². The Morgan fingerprint density at radius 1 is 0.587 bits per heavy atom. The number of benzene rings is 4. The molecule has 0 aliphatic heterocycles. The van der Waals surface area contributed by atoms with E-state index in [-0.39, 0.29) is 12.1 Å². The third-order valence-electron chi connectivity index (χ3n) is 6.27. The summed E-state index contributed by atoms with van der Waals surface area (Å²) >= 11 is 0. The lowest BCUT2D eigenvalue weighted by atomic mass is 10.0. The maximum absolute atomic E-state index is 14.8. The highest BCUT2D eigenvalue weighted by atomic mass is 32.5. The normalized spacial score (nSPS) is 14.1. The number of hydrogen-bond acceptors (Lipinski definition) is 2. The summed E-state index contributed by atoms with van der Waals surface area (Å²) in [4.78, 5) is -3.61. The molecule has 0 aromatic heterocycles. The van der Waals surface area contributed by atoms with Gasteiger partial charge in [-0.1, -0.05) is 51.0 Å². The van der Waals surface area contributed by atoms with Gasteiger partial charge >= 0.3 is 22.4 Å². The number of hydrogen-bond donors (Lipinski definition) is 0. The van der Waals surface area contributed by atoms with Crippen LogP contribution in [-0.2, 0) is 18.6 Å². The second kappa shape index (κ2) is 11.0. The monoisotopic (exact) mass is 696 g/mol. The van der Waals surface area contributed by atoms with E-state index in [1.54, 1.807) is 0 Å². The highest BCUT2D eigenvalue weighted by molar-refractivity contribution is 8.45. The van der Waals surface area contributed by atoms with Crippen molar-refractivity contribution in [2.75, 3.05) is 0 Å². The standard InChI is InChI=1S/C29H18F14O2S/c1-2-3-15-4-7-17(8-5-15)28(35,36)44-18-11-22(31)26(23(32)12-18)16-6-9-20(21(30)10-16)29(37,38)45-19-13-24(33)27(25(34)14-19)46(39,40,41,42)43/h4-14H,2-3H2,1H3. The molecule has 4 aromatic carbocycles. The molecule has 17 heteroatoms. The molecule has 4 rings (SSSR count). The molecule has 0 radical (unpaired) electrons. The number of halogens is 14. The lowest BCUT2D eigenvalue weighted by molar-refractivity contribution is -0.187. The summed E-state index contributed by atoms with van der Waals surface area (Å²) in [6, 6.07) is 5.14. The first kappa shape index (κ1) is 34.7. The molecular formula is C29H18F14O2S. The van der Waals surface area contributed by atoms with Crippen LogP contribution >= 0.6 is 10.2 Å². The molecule has 0 spiro atoms. The summed E-state index contributed by atoms with van der Waals surface area (Å²) in [7, 11) is -10.9. The van der Waals surface area contributed by atoms with E-state index in [1.165, 1.54) is 12.1 Å². The fourth-order valence-electron chi connectivity index (χ4n) is 4.32. The smallest absolute Gasteiger partial charge is 0.429 e. The van der Waals surface area contributed by atoms with E-state index in [9.17, 15) is 58.9 Å². The molecule has 0 aliphatic rings. The minimum absolute atomic E-state index is 0.138. The van der Waals surface area contributed by atoms with Gasteiger partial charge in [-0.3, -0.25) is 0 Å². The topological polar surface area (TPSA) is 18.5 Å². The highest BCUT2D eigenvalue weighted by Gasteiger charge is 2.69. The van der Waals surface area contributed by atoms with Crippen LogP contribution in [0.15, 0.2) is 71.6 Å². The third kappa shape index (κ3) is 7.45. The molecule has 0 amide bonds. The quantitative estimate of drug-likeness (QED) is 0.154. The van der Waals surface area contributed by atoms with Crippen LogP contribution in [0.4, 0.5) is 58.9 Å². The molecule has 4 aromatic rings. The Morgan fingerprint density at radius 2 is 1.07 bits per heavy atom. The molecular weight excluding hydrogens is 678 g/mol. The van der Waals surface area contributed by atoms with Gasteiger partial charge in [-0.25, -0.2) is 22.0 Å². The minimum atomic E-state index is -10.9. The maximum Gasteiger partial charge on any atom is 0.429 e. The van der Waals surface area contributed by atoms with Crippen LogP contribution in [0, 0.1) is 29.1 Å². The Labute approximate surface area is 250 Å². The summed E-state index contributed by atoms with van der Waals surface area (Å²) in [6.07, 6.45) is -7.63. The van der Waals surface area contributed by atoms with Crippen LogP contribution in [-0.4, -0.2) is 0 Å². The van der Waals surface area contributed by atoms with Gasteiger partial charge in [0.15, 0.2) is 16.5 Å². The summed E-state index contributed by atoms with van der Waals surface area (Å²) in [5.41, 5.74) is -3.49. The minimum Gasteiger partial charge on any atom is -0.429 e. The first-order valence-electron chi connectivity index (χ1n) is 12.7. The fourth-order valence-corrected chi connectivity index (χ4v) is 5.17. The van der Waals surface area contributed by atoms with E-state index in [0.29, 0.717) is 24.6 Å². The predicted molar refractivity (Wildman–Crippen MR) is 139 cm³/mol.